The fourth-order valence-corrected chi connectivity index (χ4v) is 3.69. The largest absolute Gasteiger partial charge is 0.396 e. The number of amides is 2. The first kappa shape index (κ1) is 27.1. The number of hydrogen-bond acceptors (Lipinski definition) is 3. The first-order valence-electron chi connectivity index (χ1n) is 11.1. The van der Waals surface area contributed by atoms with Gasteiger partial charge in [-0.05, 0) is 41.7 Å². The maximum absolute atomic E-state index is 14.0. The minimum absolute atomic E-state index is 0.0620. The molecular formula is C25H31F4N3O2. The molecule has 1 unspecified atom stereocenters. The van der Waals surface area contributed by atoms with E-state index in [4.69, 9.17) is 0 Å². The average molecular weight is 482 g/mol. The highest BCUT2D eigenvalue weighted by atomic mass is 19.4. The van der Waals surface area contributed by atoms with E-state index in [2.05, 4.69) is 10.6 Å². The number of carbonyl (C=O) groups is 2. The summed E-state index contributed by atoms with van der Waals surface area (Å²) in [5.41, 5.74) is 0.487. The fraction of sp³-hybridized carbons (Fsp3) is 0.440. The van der Waals surface area contributed by atoms with Crippen LogP contribution in [0, 0.1) is 17.7 Å². The van der Waals surface area contributed by atoms with E-state index in [1.54, 1.807) is 6.07 Å². The minimum Gasteiger partial charge on any atom is -0.369 e. The smallest absolute Gasteiger partial charge is 0.369 e. The Morgan fingerprint density at radius 2 is 1.56 bits per heavy atom. The number of rotatable bonds is 10. The van der Waals surface area contributed by atoms with Crippen LogP contribution >= 0.6 is 0 Å². The molecule has 34 heavy (non-hydrogen) atoms. The van der Waals surface area contributed by atoms with E-state index in [0.717, 1.165) is 0 Å². The molecule has 0 saturated heterocycles. The summed E-state index contributed by atoms with van der Waals surface area (Å²) in [7, 11) is 0. The van der Waals surface area contributed by atoms with Crippen molar-refractivity contribution in [2.45, 2.75) is 46.2 Å². The number of nitrogens with zero attached hydrogens (tertiary/aromatic N) is 1. The Labute approximate surface area is 197 Å². The van der Waals surface area contributed by atoms with Crippen LogP contribution in [0.2, 0.25) is 0 Å². The summed E-state index contributed by atoms with van der Waals surface area (Å²) in [6.07, 6.45) is -5.13. The van der Waals surface area contributed by atoms with Crippen LogP contribution in [0.5, 0.6) is 0 Å². The fourth-order valence-electron chi connectivity index (χ4n) is 3.69. The Kier molecular flexibility index (Phi) is 9.46. The first-order chi connectivity index (χ1) is 15.9. The molecule has 9 heteroatoms. The number of para-hydroxylation sites is 1. The quantitative estimate of drug-likeness (QED) is 0.289. The monoisotopic (exact) mass is 481 g/mol. The predicted molar refractivity (Wildman–Crippen MR) is 127 cm³/mol. The van der Waals surface area contributed by atoms with Gasteiger partial charge in [0, 0.05) is 19.5 Å². The number of benzene rings is 2. The van der Waals surface area contributed by atoms with Crippen LogP contribution in [0.3, 0.4) is 0 Å². The highest BCUT2D eigenvalue weighted by Crippen LogP contribution is 2.40. The standard InChI is InChI=1S/C25H31F4N3O2/c1-16(2)14-32(15-17(3)4)23-10-9-18(19(11-12-33)25(27,28)29)13-22(23)31-24(34)30-21-8-6-5-7-20(21)26/h5-10,12-13,16-17,19H,11,14-15H2,1-4H3,(H2,30,31,34). The molecule has 0 aliphatic carbocycles. The van der Waals surface area contributed by atoms with Crippen molar-refractivity contribution in [3.8, 4) is 0 Å². The van der Waals surface area contributed by atoms with Crippen molar-refractivity contribution in [2.24, 2.45) is 11.8 Å². The molecular weight excluding hydrogens is 450 g/mol. The third-order valence-corrected chi connectivity index (χ3v) is 5.03. The van der Waals surface area contributed by atoms with Crippen LogP contribution in [-0.2, 0) is 4.79 Å². The highest BCUT2D eigenvalue weighted by molar-refractivity contribution is 6.02. The minimum atomic E-state index is -4.63. The van der Waals surface area contributed by atoms with E-state index < -0.39 is 30.4 Å². The zero-order valence-corrected chi connectivity index (χ0v) is 19.7. The van der Waals surface area contributed by atoms with Gasteiger partial charge in [0.1, 0.15) is 12.1 Å². The molecule has 186 valence electrons. The van der Waals surface area contributed by atoms with Crippen molar-refractivity contribution in [1.82, 2.24) is 0 Å². The van der Waals surface area contributed by atoms with Gasteiger partial charge >= 0.3 is 12.2 Å². The number of halogens is 4. The van der Waals surface area contributed by atoms with E-state index in [1.165, 1.54) is 36.4 Å². The molecule has 0 spiro atoms. The van der Waals surface area contributed by atoms with Gasteiger partial charge in [-0.2, -0.15) is 13.2 Å². The maximum atomic E-state index is 14.0. The van der Waals surface area contributed by atoms with Gasteiger partial charge in [-0.1, -0.05) is 45.9 Å². The van der Waals surface area contributed by atoms with Gasteiger partial charge in [0.2, 0.25) is 0 Å². The summed E-state index contributed by atoms with van der Waals surface area (Å²) in [6, 6.07) is 8.89. The second-order valence-electron chi connectivity index (χ2n) is 9.02. The van der Waals surface area contributed by atoms with Gasteiger partial charge in [-0.15, -0.1) is 0 Å². The normalized spacial score (nSPS) is 12.5. The summed E-state index contributed by atoms with van der Waals surface area (Å²) in [6.45, 7) is 9.29. The second-order valence-corrected chi connectivity index (χ2v) is 9.02. The molecule has 2 aromatic rings. The Balaban J connectivity index is 2.50. The Morgan fingerprint density at radius 1 is 0.971 bits per heavy atom. The van der Waals surface area contributed by atoms with Crippen molar-refractivity contribution in [3.63, 3.8) is 0 Å². The lowest BCUT2D eigenvalue weighted by atomic mass is 9.94. The molecule has 0 saturated carbocycles. The summed E-state index contributed by atoms with van der Waals surface area (Å²) >= 11 is 0. The molecule has 5 nitrogen and oxygen atoms in total. The zero-order chi connectivity index (χ0) is 25.5. The third kappa shape index (κ3) is 7.74. The Hall–Kier alpha value is -3.10. The molecule has 2 rings (SSSR count). The van der Waals surface area contributed by atoms with Crippen molar-refractivity contribution in [2.75, 3.05) is 28.6 Å². The van der Waals surface area contributed by atoms with Crippen LogP contribution in [0.4, 0.5) is 39.4 Å². The third-order valence-electron chi connectivity index (χ3n) is 5.03. The maximum Gasteiger partial charge on any atom is 0.396 e. The number of alkyl halides is 3. The molecule has 0 bridgehead atoms. The molecule has 0 fully saturated rings. The number of urea groups is 1. The molecule has 0 aliphatic heterocycles. The second kappa shape index (κ2) is 11.9. The molecule has 0 aromatic heterocycles. The van der Waals surface area contributed by atoms with Gasteiger partial charge in [-0.3, -0.25) is 0 Å². The Bertz CT molecular complexity index is 967. The topological polar surface area (TPSA) is 61.4 Å². The van der Waals surface area contributed by atoms with Gasteiger partial charge in [0.25, 0.3) is 0 Å². The van der Waals surface area contributed by atoms with Gasteiger partial charge in [0.05, 0.1) is 23.0 Å². The number of aldehydes is 1. The summed E-state index contributed by atoms with van der Waals surface area (Å²) in [4.78, 5) is 25.6. The van der Waals surface area contributed by atoms with Crippen LogP contribution in [0.15, 0.2) is 42.5 Å². The van der Waals surface area contributed by atoms with E-state index in [-0.39, 0.29) is 35.1 Å². The van der Waals surface area contributed by atoms with Crippen LogP contribution in [0.25, 0.3) is 0 Å². The lowest BCUT2D eigenvalue weighted by Gasteiger charge is -2.31. The summed E-state index contributed by atoms with van der Waals surface area (Å²) in [5, 5.41) is 4.98. The number of nitrogens with one attached hydrogen (secondary N) is 2. The zero-order valence-electron chi connectivity index (χ0n) is 19.7. The SMILES string of the molecule is CC(C)CN(CC(C)C)c1ccc(C(CC=O)C(F)(F)F)cc1NC(=O)Nc1ccccc1F. The molecule has 0 aliphatic rings. The molecule has 1 atom stereocenters. The van der Waals surface area contributed by atoms with E-state index in [9.17, 15) is 27.2 Å². The number of anilines is 3. The van der Waals surface area contributed by atoms with E-state index >= 15 is 0 Å². The lowest BCUT2D eigenvalue weighted by Crippen LogP contribution is -2.33. The van der Waals surface area contributed by atoms with Crippen molar-refractivity contribution in [3.05, 3.63) is 53.8 Å². The van der Waals surface area contributed by atoms with Crippen molar-refractivity contribution in [1.29, 1.82) is 0 Å². The summed E-state index contributed by atoms with van der Waals surface area (Å²) < 4.78 is 54.8. The molecule has 0 heterocycles. The van der Waals surface area contributed by atoms with Crippen LogP contribution in [-0.4, -0.2) is 31.6 Å². The van der Waals surface area contributed by atoms with Gasteiger partial charge in [-0.25, -0.2) is 9.18 Å². The van der Waals surface area contributed by atoms with Crippen molar-refractivity contribution < 1.29 is 27.2 Å². The molecule has 0 radical (unpaired) electrons. The van der Waals surface area contributed by atoms with Crippen LogP contribution in [0.1, 0.15) is 45.6 Å². The average Bonchev–Trinajstić information content (AvgIpc) is 2.71. The predicted octanol–water partition coefficient (Wildman–Crippen LogP) is 6.82. The highest BCUT2D eigenvalue weighted by Gasteiger charge is 2.40. The first-order valence-corrected chi connectivity index (χ1v) is 11.1. The Morgan fingerprint density at radius 3 is 2.09 bits per heavy atom. The molecule has 2 aromatic carbocycles. The van der Waals surface area contributed by atoms with E-state index in [1.807, 2.05) is 32.6 Å². The van der Waals surface area contributed by atoms with Crippen molar-refractivity contribution >= 4 is 29.4 Å². The lowest BCUT2D eigenvalue weighted by molar-refractivity contribution is -0.153. The number of carbonyl (C=O) groups excluding carboxylic acids is 2. The molecule has 2 N–H and O–H groups in total. The molecule has 2 amide bonds. The van der Waals surface area contributed by atoms with Gasteiger partial charge in [0.15, 0.2) is 0 Å². The van der Waals surface area contributed by atoms with Crippen LogP contribution < -0.4 is 15.5 Å². The van der Waals surface area contributed by atoms with E-state index in [0.29, 0.717) is 18.8 Å². The van der Waals surface area contributed by atoms with Gasteiger partial charge < -0.3 is 20.3 Å². The number of hydrogen-bond donors (Lipinski definition) is 2. The summed E-state index contributed by atoms with van der Waals surface area (Å²) in [5.74, 6) is -2.15.